The molecule has 0 bridgehead atoms. The van der Waals surface area contributed by atoms with Gasteiger partial charge in [0, 0.05) is 5.02 Å². The van der Waals surface area contributed by atoms with Gasteiger partial charge in [-0.2, -0.15) is 0 Å². The van der Waals surface area contributed by atoms with Gasteiger partial charge >= 0.3 is 5.97 Å². The SMILES string of the molecule is O=C(O)C=C(c1ccc(Cl)cc1)[N+](=O)[O-]. The quantitative estimate of drug-likeness (QED) is 0.487. The minimum Gasteiger partial charge on any atom is -0.478 e. The summed E-state index contributed by atoms with van der Waals surface area (Å²) < 4.78 is 0. The molecule has 1 aromatic carbocycles. The Bertz CT molecular complexity index is 424. The Balaban J connectivity index is 3.16. The number of nitro groups is 1. The van der Waals surface area contributed by atoms with Crippen LogP contribution in [0.1, 0.15) is 5.56 Å². The van der Waals surface area contributed by atoms with Gasteiger partial charge in [0.2, 0.25) is 0 Å². The van der Waals surface area contributed by atoms with Gasteiger partial charge in [-0.1, -0.05) is 11.6 Å². The fraction of sp³-hybridized carbons (Fsp3) is 0. The molecule has 0 unspecified atom stereocenters. The summed E-state index contributed by atoms with van der Waals surface area (Å²) in [5.41, 5.74) is -0.272. The molecule has 0 amide bonds. The molecule has 78 valence electrons. The number of carbonyl (C=O) groups is 1. The van der Waals surface area contributed by atoms with E-state index in [0.717, 1.165) is 0 Å². The first-order chi connectivity index (χ1) is 7.00. The van der Waals surface area contributed by atoms with E-state index in [4.69, 9.17) is 16.7 Å². The van der Waals surface area contributed by atoms with Crippen LogP contribution in [0.4, 0.5) is 0 Å². The van der Waals surface area contributed by atoms with Crippen LogP contribution in [0.25, 0.3) is 5.70 Å². The van der Waals surface area contributed by atoms with Crippen molar-refractivity contribution in [2.24, 2.45) is 0 Å². The van der Waals surface area contributed by atoms with Gasteiger partial charge in [-0.15, -0.1) is 0 Å². The lowest BCUT2D eigenvalue weighted by atomic mass is 10.1. The predicted molar refractivity (Wildman–Crippen MR) is 54.1 cm³/mol. The summed E-state index contributed by atoms with van der Waals surface area (Å²) in [6.45, 7) is 0. The molecule has 1 aromatic rings. The van der Waals surface area contributed by atoms with Crippen molar-refractivity contribution >= 4 is 23.3 Å². The average Bonchev–Trinajstić information content (AvgIpc) is 2.15. The van der Waals surface area contributed by atoms with Crippen molar-refractivity contribution < 1.29 is 14.8 Å². The number of rotatable bonds is 3. The van der Waals surface area contributed by atoms with E-state index in [-0.39, 0.29) is 5.56 Å². The normalized spacial score (nSPS) is 11.1. The number of carboxylic acids is 1. The number of hydrogen-bond donors (Lipinski definition) is 1. The van der Waals surface area contributed by atoms with Crippen molar-refractivity contribution in [3.8, 4) is 0 Å². The smallest absolute Gasteiger partial charge is 0.335 e. The van der Waals surface area contributed by atoms with Crippen LogP contribution >= 0.6 is 11.6 Å². The summed E-state index contributed by atoms with van der Waals surface area (Å²) in [6, 6.07) is 5.69. The first-order valence-electron chi connectivity index (χ1n) is 3.85. The lowest BCUT2D eigenvalue weighted by Gasteiger charge is -1.97. The van der Waals surface area contributed by atoms with Crippen molar-refractivity contribution in [2.75, 3.05) is 0 Å². The van der Waals surface area contributed by atoms with E-state index < -0.39 is 16.6 Å². The molecule has 0 atom stereocenters. The zero-order valence-corrected chi connectivity index (χ0v) is 8.14. The first kappa shape index (κ1) is 11.2. The predicted octanol–water partition coefficient (Wildman–Crippen LogP) is 2.04. The number of halogens is 1. The van der Waals surface area contributed by atoms with E-state index in [1.165, 1.54) is 24.3 Å². The minimum absolute atomic E-state index is 0.201. The maximum Gasteiger partial charge on any atom is 0.335 e. The van der Waals surface area contributed by atoms with Gasteiger partial charge in [0.25, 0.3) is 5.70 Å². The highest BCUT2D eigenvalue weighted by Crippen LogP contribution is 2.17. The third kappa shape index (κ3) is 3.07. The van der Waals surface area contributed by atoms with E-state index in [2.05, 4.69) is 0 Å². The number of nitrogens with zero attached hydrogens (tertiary/aromatic N) is 1. The standard InChI is InChI=1S/C9H6ClNO4/c10-7-3-1-6(2-4-7)8(11(14)15)5-9(12)13/h1-5H,(H,12,13). The molecule has 0 aliphatic carbocycles. The molecular weight excluding hydrogens is 222 g/mol. The molecule has 0 saturated carbocycles. The van der Waals surface area contributed by atoms with Crippen LogP contribution in [0.2, 0.25) is 5.02 Å². The molecular formula is C9H6ClNO4. The molecule has 0 aliphatic heterocycles. The van der Waals surface area contributed by atoms with Gasteiger partial charge in [0.05, 0.1) is 10.5 Å². The number of aliphatic carboxylic acids is 1. The molecule has 0 aromatic heterocycles. The Labute approximate surface area is 89.7 Å². The van der Waals surface area contributed by atoms with Gasteiger partial charge in [-0.3, -0.25) is 10.1 Å². The van der Waals surface area contributed by atoms with Crippen molar-refractivity contribution in [1.82, 2.24) is 0 Å². The van der Waals surface area contributed by atoms with Crippen LogP contribution < -0.4 is 0 Å². The second-order valence-corrected chi connectivity index (χ2v) is 3.07. The van der Waals surface area contributed by atoms with Crippen molar-refractivity contribution in [3.05, 3.63) is 51.0 Å². The average molecular weight is 228 g/mol. The molecule has 0 heterocycles. The summed E-state index contributed by atoms with van der Waals surface area (Å²) >= 11 is 5.60. The number of carboxylic acid groups (broad SMARTS) is 1. The van der Waals surface area contributed by atoms with E-state index >= 15 is 0 Å². The summed E-state index contributed by atoms with van der Waals surface area (Å²) in [7, 11) is 0. The van der Waals surface area contributed by atoms with E-state index in [1.807, 2.05) is 0 Å². The maximum absolute atomic E-state index is 10.6. The second-order valence-electron chi connectivity index (χ2n) is 2.63. The third-order valence-corrected chi connectivity index (χ3v) is 1.85. The molecule has 1 rings (SSSR count). The molecule has 0 aliphatic rings. The molecule has 0 fully saturated rings. The fourth-order valence-electron chi connectivity index (χ4n) is 0.979. The topological polar surface area (TPSA) is 80.4 Å². The zero-order valence-electron chi connectivity index (χ0n) is 7.38. The first-order valence-corrected chi connectivity index (χ1v) is 4.23. The molecule has 15 heavy (non-hydrogen) atoms. The number of hydrogen-bond acceptors (Lipinski definition) is 3. The molecule has 0 spiro atoms. The third-order valence-electron chi connectivity index (χ3n) is 1.60. The van der Waals surface area contributed by atoms with E-state index in [1.54, 1.807) is 0 Å². The van der Waals surface area contributed by atoms with Crippen LogP contribution in [-0.4, -0.2) is 16.0 Å². The van der Waals surface area contributed by atoms with Gasteiger partial charge < -0.3 is 5.11 Å². The van der Waals surface area contributed by atoms with Gasteiger partial charge in [0.15, 0.2) is 0 Å². The zero-order chi connectivity index (χ0) is 11.4. The Morgan fingerprint density at radius 2 is 1.93 bits per heavy atom. The highest BCUT2D eigenvalue weighted by Gasteiger charge is 2.15. The number of benzene rings is 1. The monoisotopic (exact) mass is 227 g/mol. The van der Waals surface area contributed by atoms with Crippen LogP contribution in [0.3, 0.4) is 0 Å². The van der Waals surface area contributed by atoms with Crippen LogP contribution in [-0.2, 0) is 4.79 Å². The molecule has 0 saturated heterocycles. The van der Waals surface area contributed by atoms with Crippen LogP contribution in [0.5, 0.6) is 0 Å². The van der Waals surface area contributed by atoms with Crippen molar-refractivity contribution in [3.63, 3.8) is 0 Å². The van der Waals surface area contributed by atoms with Crippen LogP contribution in [0, 0.1) is 10.1 Å². The van der Waals surface area contributed by atoms with Gasteiger partial charge in [-0.05, 0) is 24.3 Å². The Hall–Kier alpha value is -1.88. The Morgan fingerprint density at radius 3 is 2.33 bits per heavy atom. The Kier molecular flexibility index (Phi) is 3.41. The van der Waals surface area contributed by atoms with Crippen molar-refractivity contribution in [2.45, 2.75) is 0 Å². The van der Waals surface area contributed by atoms with E-state index in [9.17, 15) is 14.9 Å². The molecule has 0 radical (unpaired) electrons. The largest absolute Gasteiger partial charge is 0.478 e. The van der Waals surface area contributed by atoms with Crippen molar-refractivity contribution in [1.29, 1.82) is 0 Å². The summed E-state index contributed by atoms with van der Waals surface area (Å²) in [5, 5.41) is 19.4. The minimum atomic E-state index is -1.36. The molecule has 1 N–H and O–H groups in total. The summed E-state index contributed by atoms with van der Waals surface area (Å²) in [5.74, 6) is -1.36. The van der Waals surface area contributed by atoms with E-state index in [0.29, 0.717) is 11.1 Å². The van der Waals surface area contributed by atoms with Crippen LogP contribution in [0.15, 0.2) is 30.3 Å². The second kappa shape index (κ2) is 4.56. The lowest BCUT2D eigenvalue weighted by Crippen LogP contribution is -2.01. The van der Waals surface area contributed by atoms with Gasteiger partial charge in [-0.25, -0.2) is 4.79 Å². The van der Waals surface area contributed by atoms with Gasteiger partial charge in [0.1, 0.15) is 6.08 Å². The maximum atomic E-state index is 10.6. The fourth-order valence-corrected chi connectivity index (χ4v) is 1.11. The summed E-state index contributed by atoms with van der Waals surface area (Å²) in [6.07, 6.45) is 0.545. The Morgan fingerprint density at radius 1 is 1.40 bits per heavy atom. The highest BCUT2D eigenvalue weighted by atomic mass is 35.5. The molecule has 5 nitrogen and oxygen atoms in total. The molecule has 6 heteroatoms. The highest BCUT2D eigenvalue weighted by molar-refractivity contribution is 6.30. The summed E-state index contributed by atoms with van der Waals surface area (Å²) in [4.78, 5) is 20.2. The lowest BCUT2D eigenvalue weighted by molar-refractivity contribution is -0.375.